The van der Waals surface area contributed by atoms with Crippen LogP contribution in [-0.2, 0) is 9.84 Å². The van der Waals surface area contributed by atoms with Crippen LogP contribution in [-0.4, -0.2) is 29.2 Å². The summed E-state index contributed by atoms with van der Waals surface area (Å²) in [6.07, 6.45) is 0.943. The van der Waals surface area contributed by atoms with Gasteiger partial charge in [-0.3, -0.25) is 9.36 Å². The Labute approximate surface area is 151 Å². The number of nitrogens with zero attached hydrogens (tertiary/aromatic N) is 3. The van der Waals surface area contributed by atoms with E-state index >= 15 is 0 Å². The van der Waals surface area contributed by atoms with Crippen LogP contribution in [0, 0.1) is 0 Å². The third-order valence-electron chi connectivity index (χ3n) is 3.18. The molecule has 0 radical (unpaired) electrons. The highest BCUT2D eigenvalue weighted by molar-refractivity contribution is 7.90. The number of pyridine rings is 1. The van der Waals surface area contributed by atoms with Gasteiger partial charge in [-0.1, -0.05) is 40.9 Å². The molecule has 24 heavy (non-hydrogen) atoms. The van der Waals surface area contributed by atoms with Gasteiger partial charge in [-0.15, -0.1) is 0 Å². The summed E-state index contributed by atoms with van der Waals surface area (Å²) in [5.74, 6) is 0. The molecule has 0 saturated carbocycles. The normalized spacial score (nSPS) is 11.8. The van der Waals surface area contributed by atoms with E-state index in [1.54, 1.807) is 18.2 Å². The van der Waals surface area contributed by atoms with E-state index in [0.29, 0.717) is 5.39 Å². The van der Waals surface area contributed by atoms with E-state index in [1.165, 1.54) is 12.1 Å². The van der Waals surface area contributed by atoms with E-state index < -0.39 is 20.6 Å². The molecule has 0 saturated heterocycles. The van der Waals surface area contributed by atoms with Gasteiger partial charge in [0.15, 0.2) is 5.65 Å². The third kappa shape index (κ3) is 2.88. The Balaban J connectivity index is 2.55. The zero-order valence-corrected chi connectivity index (χ0v) is 15.1. The van der Waals surface area contributed by atoms with E-state index in [9.17, 15) is 13.2 Å². The van der Waals surface area contributed by atoms with Gasteiger partial charge in [-0.05, 0) is 18.2 Å². The van der Waals surface area contributed by atoms with Crippen molar-refractivity contribution in [2.45, 2.75) is 5.16 Å². The minimum absolute atomic E-state index is 0.00192. The minimum Gasteiger partial charge on any atom is -0.269 e. The van der Waals surface area contributed by atoms with Crippen molar-refractivity contribution in [1.82, 2.24) is 14.5 Å². The van der Waals surface area contributed by atoms with Gasteiger partial charge >= 0.3 is 0 Å². The molecular formula is C14H8Cl3N3O3S. The van der Waals surface area contributed by atoms with Gasteiger partial charge < -0.3 is 0 Å². The summed E-state index contributed by atoms with van der Waals surface area (Å²) in [5.41, 5.74) is -0.310. The molecule has 0 N–H and O–H groups in total. The van der Waals surface area contributed by atoms with E-state index in [-0.39, 0.29) is 26.5 Å². The fraction of sp³-hybridized carbons (Fsp3) is 0.0714. The van der Waals surface area contributed by atoms with Crippen LogP contribution in [0.5, 0.6) is 0 Å². The molecule has 3 rings (SSSR count). The SMILES string of the molecule is CS(=O)(=O)c1nc(Cl)c2ccc(=O)n(-c3c(Cl)cccc3Cl)c2n1. The lowest BCUT2D eigenvalue weighted by Crippen LogP contribution is -2.20. The molecule has 0 unspecified atom stereocenters. The van der Waals surface area contributed by atoms with Crippen LogP contribution in [0.3, 0.4) is 0 Å². The van der Waals surface area contributed by atoms with Crippen LogP contribution in [0.2, 0.25) is 15.2 Å². The van der Waals surface area contributed by atoms with Crippen molar-refractivity contribution < 1.29 is 8.42 Å². The van der Waals surface area contributed by atoms with E-state index in [4.69, 9.17) is 34.8 Å². The van der Waals surface area contributed by atoms with Crippen molar-refractivity contribution in [3.8, 4) is 5.69 Å². The smallest absolute Gasteiger partial charge is 0.256 e. The summed E-state index contributed by atoms with van der Waals surface area (Å²) >= 11 is 18.4. The number of rotatable bonds is 2. The van der Waals surface area contributed by atoms with Gasteiger partial charge in [0.2, 0.25) is 15.0 Å². The van der Waals surface area contributed by atoms with Gasteiger partial charge in [0.05, 0.1) is 21.1 Å². The Hall–Kier alpha value is -1.67. The molecule has 0 aliphatic rings. The third-order valence-corrected chi connectivity index (χ3v) is 4.92. The maximum atomic E-state index is 12.4. The predicted octanol–water partition coefficient (Wildman–Crippen LogP) is 3.14. The van der Waals surface area contributed by atoms with Crippen molar-refractivity contribution in [3.05, 3.63) is 55.9 Å². The Morgan fingerprint density at radius 3 is 2.21 bits per heavy atom. The lowest BCUT2D eigenvalue weighted by molar-refractivity contribution is 0.593. The van der Waals surface area contributed by atoms with Crippen molar-refractivity contribution in [2.75, 3.05) is 6.26 Å². The minimum atomic E-state index is -3.74. The van der Waals surface area contributed by atoms with E-state index in [1.807, 2.05) is 0 Å². The molecule has 0 bridgehead atoms. The van der Waals surface area contributed by atoms with Crippen molar-refractivity contribution >= 4 is 55.7 Å². The number of para-hydroxylation sites is 1. The molecule has 124 valence electrons. The first-order valence-electron chi connectivity index (χ1n) is 6.44. The Kier molecular flexibility index (Phi) is 4.29. The summed E-state index contributed by atoms with van der Waals surface area (Å²) in [6, 6.07) is 7.38. The molecule has 0 amide bonds. The zero-order valence-electron chi connectivity index (χ0n) is 12.0. The first-order valence-corrected chi connectivity index (χ1v) is 9.46. The van der Waals surface area contributed by atoms with Crippen LogP contribution >= 0.6 is 34.8 Å². The highest BCUT2D eigenvalue weighted by Crippen LogP contribution is 2.30. The fourth-order valence-corrected chi connectivity index (χ4v) is 3.50. The van der Waals surface area contributed by atoms with Crippen molar-refractivity contribution in [1.29, 1.82) is 0 Å². The molecule has 0 fully saturated rings. The summed E-state index contributed by atoms with van der Waals surface area (Å²) < 4.78 is 24.7. The van der Waals surface area contributed by atoms with Crippen LogP contribution in [0.25, 0.3) is 16.7 Å². The number of halogens is 3. The van der Waals surface area contributed by atoms with Crippen LogP contribution in [0.15, 0.2) is 40.3 Å². The fourth-order valence-electron chi connectivity index (χ4n) is 2.14. The maximum Gasteiger partial charge on any atom is 0.256 e. The number of sulfone groups is 1. The average Bonchev–Trinajstić information content (AvgIpc) is 2.48. The summed E-state index contributed by atoms with van der Waals surface area (Å²) in [5, 5.41) is 0.0972. The number of hydrogen-bond donors (Lipinski definition) is 0. The molecule has 2 aromatic heterocycles. The average molecular weight is 405 g/mol. The van der Waals surface area contributed by atoms with Crippen molar-refractivity contribution in [2.24, 2.45) is 0 Å². The van der Waals surface area contributed by atoms with Gasteiger partial charge in [0, 0.05) is 12.3 Å². The summed E-state index contributed by atoms with van der Waals surface area (Å²) in [4.78, 5) is 20.2. The lowest BCUT2D eigenvalue weighted by atomic mass is 10.2. The number of benzene rings is 1. The molecule has 0 atom stereocenters. The highest BCUT2D eigenvalue weighted by Gasteiger charge is 2.20. The lowest BCUT2D eigenvalue weighted by Gasteiger charge is -2.13. The Bertz CT molecular complexity index is 1120. The maximum absolute atomic E-state index is 12.4. The quantitative estimate of drug-likeness (QED) is 0.484. The molecule has 3 aromatic rings. The number of aromatic nitrogens is 3. The predicted molar refractivity (Wildman–Crippen MR) is 93.3 cm³/mol. The topological polar surface area (TPSA) is 81.9 Å². The van der Waals surface area contributed by atoms with Gasteiger partial charge in [-0.2, -0.15) is 4.98 Å². The van der Waals surface area contributed by atoms with Gasteiger partial charge in [-0.25, -0.2) is 13.4 Å². The molecule has 6 nitrogen and oxygen atoms in total. The van der Waals surface area contributed by atoms with Crippen LogP contribution in [0.1, 0.15) is 0 Å². The largest absolute Gasteiger partial charge is 0.269 e. The molecule has 0 aliphatic carbocycles. The van der Waals surface area contributed by atoms with Gasteiger partial charge in [0.25, 0.3) is 5.56 Å². The molecule has 1 aromatic carbocycles. The Morgan fingerprint density at radius 2 is 1.62 bits per heavy atom. The number of fused-ring (bicyclic) bond motifs is 1. The monoisotopic (exact) mass is 403 g/mol. The van der Waals surface area contributed by atoms with Crippen LogP contribution < -0.4 is 5.56 Å². The molecular weight excluding hydrogens is 397 g/mol. The second-order valence-electron chi connectivity index (χ2n) is 4.88. The second-order valence-corrected chi connectivity index (χ2v) is 7.97. The summed E-state index contributed by atoms with van der Waals surface area (Å²) in [6.45, 7) is 0. The van der Waals surface area contributed by atoms with E-state index in [0.717, 1.165) is 10.8 Å². The summed E-state index contributed by atoms with van der Waals surface area (Å²) in [7, 11) is -3.74. The number of hydrogen-bond acceptors (Lipinski definition) is 5. The van der Waals surface area contributed by atoms with Crippen molar-refractivity contribution in [3.63, 3.8) is 0 Å². The first-order chi connectivity index (χ1) is 11.2. The van der Waals surface area contributed by atoms with E-state index in [2.05, 4.69) is 9.97 Å². The molecule has 0 aliphatic heterocycles. The van der Waals surface area contributed by atoms with Gasteiger partial charge in [0.1, 0.15) is 5.15 Å². The zero-order chi connectivity index (χ0) is 17.6. The molecule has 2 heterocycles. The Morgan fingerprint density at radius 1 is 1.00 bits per heavy atom. The first kappa shape index (κ1) is 17.2. The standard InChI is InChI=1S/C14H8Cl3N3O3S/c1-24(22,23)14-18-12(17)7-5-6-10(21)20(13(7)19-14)11-8(15)3-2-4-9(11)16/h2-6H,1H3. The van der Waals surface area contributed by atoms with Crippen LogP contribution in [0.4, 0.5) is 0 Å². The molecule has 10 heteroatoms. The highest BCUT2D eigenvalue weighted by atomic mass is 35.5. The molecule has 0 spiro atoms. The second kappa shape index (κ2) is 6.00.